The Bertz CT molecular complexity index is 968. The molecule has 2 aliphatic rings. The number of carboxylic acids is 1. The van der Waals surface area contributed by atoms with Gasteiger partial charge in [0.25, 0.3) is 0 Å². The molecule has 0 unspecified atom stereocenters. The molecule has 3 N–H and O–H groups in total. The lowest BCUT2D eigenvalue weighted by molar-refractivity contribution is 0.0695. The number of nitrogens with two attached hydrogens (primary N) is 1. The van der Waals surface area contributed by atoms with Crippen LogP contribution in [0.3, 0.4) is 0 Å². The Morgan fingerprint density at radius 2 is 2.08 bits per heavy atom. The normalized spacial score (nSPS) is 16.9. The van der Waals surface area contributed by atoms with E-state index >= 15 is 0 Å². The van der Waals surface area contributed by atoms with Gasteiger partial charge in [0.1, 0.15) is 11.4 Å². The quantitative estimate of drug-likeness (QED) is 0.828. The van der Waals surface area contributed by atoms with E-state index in [-0.39, 0.29) is 17.0 Å². The molecule has 1 aromatic heterocycles. The van der Waals surface area contributed by atoms with Crippen molar-refractivity contribution in [3.63, 3.8) is 0 Å². The van der Waals surface area contributed by atoms with E-state index in [9.17, 15) is 19.1 Å². The van der Waals surface area contributed by atoms with E-state index in [0.29, 0.717) is 30.8 Å². The first-order chi connectivity index (χ1) is 12.0. The molecule has 6 nitrogen and oxygen atoms in total. The number of aromatic nitrogens is 1. The molecular weight excluding hydrogens is 325 g/mol. The van der Waals surface area contributed by atoms with Crippen molar-refractivity contribution < 1.29 is 14.3 Å². The standard InChI is InChI=1S/C18H18FN3O3/c19-14-5-12-15(6-16(14)21-7-10(8-21)3-4-20)22(11-1-2-11)9-13(17(12)23)18(24)25/h3,5-6,9,11H,1-2,4,7-8,20H2,(H,24,25). The number of nitrogens with zero attached hydrogens (tertiary/aromatic N) is 2. The summed E-state index contributed by atoms with van der Waals surface area (Å²) >= 11 is 0. The predicted octanol–water partition coefficient (Wildman–Crippen LogP) is 1.88. The van der Waals surface area contributed by atoms with Crippen LogP contribution in [-0.4, -0.2) is 35.3 Å². The Labute approximate surface area is 143 Å². The summed E-state index contributed by atoms with van der Waals surface area (Å²) in [5.74, 6) is -1.80. The van der Waals surface area contributed by atoms with Crippen molar-refractivity contribution in [2.24, 2.45) is 5.73 Å². The van der Waals surface area contributed by atoms with Crippen LogP contribution in [0.4, 0.5) is 10.1 Å². The second-order valence-electron chi connectivity index (χ2n) is 6.59. The van der Waals surface area contributed by atoms with Gasteiger partial charge in [0.2, 0.25) is 5.43 Å². The van der Waals surface area contributed by atoms with Crippen LogP contribution < -0.4 is 16.1 Å². The highest BCUT2D eigenvalue weighted by atomic mass is 19.1. The topological polar surface area (TPSA) is 88.6 Å². The highest BCUT2D eigenvalue weighted by molar-refractivity contribution is 5.93. The van der Waals surface area contributed by atoms with Crippen molar-refractivity contribution >= 4 is 22.6 Å². The molecule has 0 radical (unpaired) electrons. The van der Waals surface area contributed by atoms with Gasteiger partial charge in [-0.05, 0) is 30.5 Å². The van der Waals surface area contributed by atoms with Crippen LogP contribution in [-0.2, 0) is 0 Å². The highest BCUT2D eigenvalue weighted by Gasteiger charge is 2.29. The van der Waals surface area contributed by atoms with Gasteiger partial charge in [-0.15, -0.1) is 0 Å². The Morgan fingerprint density at radius 1 is 1.36 bits per heavy atom. The summed E-state index contributed by atoms with van der Waals surface area (Å²) in [4.78, 5) is 25.6. The summed E-state index contributed by atoms with van der Waals surface area (Å²) in [5.41, 5.74) is 6.70. The van der Waals surface area contributed by atoms with Crippen molar-refractivity contribution in [3.8, 4) is 0 Å². The fourth-order valence-electron chi connectivity index (χ4n) is 3.32. The number of carbonyl (C=O) groups is 1. The van der Waals surface area contributed by atoms with Crippen LogP contribution in [0.25, 0.3) is 10.9 Å². The average Bonchev–Trinajstić information content (AvgIpc) is 3.36. The number of hydrogen-bond donors (Lipinski definition) is 2. The lowest BCUT2D eigenvalue weighted by Gasteiger charge is -2.36. The summed E-state index contributed by atoms with van der Waals surface area (Å²) < 4.78 is 16.4. The number of carboxylic acid groups (broad SMARTS) is 1. The maximum Gasteiger partial charge on any atom is 0.341 e. The first-order valence-electron chi connectivity index (χ1n) is 8.24. The molecule has 130 valence electrons. The molecule has 0 atom stereocenters. The Kier molecular flexibility index (Phi) is 3.61. The Balaban J connectivity index is 1.86. The SMILES string of the molecule is NCC=C1CN(c2cc3c(cc2F)c(=O)c(C(=O)O)cn3C2CC2)C1. The van der Waals surface area contributed by atoms with Crippen LogP contribution in [0.15, 0.2) is 34.8 Å². The lowest BCUT2D eigenvalue weighted by atomic mass is 10.0. The fraction of sp³-hybridized carbons (Fsp3) is 0.333. The molecular formula is C18H18FN3O3. The van der Waals surface area contributed by atoms with E-state index in [2.05, 4.69) is 0 Å². The number of rotatable bonds is 4. The van der Waals surface area contributed by atoms with E-state index in [1.807, 2.05) is 11.0 Å². The monoisotopic (exact) mass is 343 g/mol. The van der Waals surface area contributed by atoms with E-state index in [4.69, 9.17) is 5.73 Å². The maximum absolute atomic E-state index is 14.6. The zero-order valence-corrected chi connectivity index (χ0v) is 13.5. The smallest absolute Gasteiger partial charge is 0.341 e. The Morgan fingerprint density at radius 3 is 2.68 bits per heavy atom. The van der Waals surface area contributed by atoms with E-state index in [1.54, 1.807) is 10.6 Å². The van der Waals surface area contributed by atoms with Gasteiger partial charge in [-0.2, -0.15) is 0 Å². The van der Waals surface area contributed by atoms with Crippen molar-refractivity contribution in [1.82, 2.24) is 4.57 Å². The van der Waals surface area contributed by atoms with Crippen molar-refractivity contribution in [1.29, 1.82) is 0 Å². The Hall–Kier alpha value is -2.67. The predicted molar refractivity (Wildman–Crippen MR) is 92.7 cm³/mol. The summed E-state index contributed by atoms with van der Waals surface area (Å²) in [6.07, 6.45) is 5.17. The molecule has 0 spiro atoms. The van der Waals surface area contributed by atoms with Gasteiger partial charge >= 0.3 is 5.97 Å². The van der Waals surface area contributed by atoms with Crippen molar-refractivity contribution in [2.75, 3.05) is 24.5 Å². The summed E-state index contributed by atoms with van der Waals surface area (Å²) in [6.45, 7) is 1.68. The lowest BCUT2D eigenvalue weighted by Crippen LogP contribution is -2.41. The maximum atomic E-state index is 14.6. The molecule has 1 saturated carbocycles. The molecule has 1 saturated heterocycles. The summed E-state index contributed by atoms with van der Waals surface area (Å²) in [7, 11) is 0. The van der Waals surface area contributed by atoms with Gasteiger partial charge in [0, 0.05) is 37.3 Å². The van der Waals surface area contributed by atoms with Gasteiger partial charge in [-0.1, -0.05) is 6.08 Å². The molecule has 1 aliphatic heterocycles. The van der Waals surface area contributed by atoms with Crippen molar-refractivity contribution in [2.45, 2.75) is 18.9 Å². The van der Waals surface area contributed by atoms with Crippen LogP contribution in [0.2, 0.25) is 0 Å². The number of benzene rings is 1. The number of hydrogen-bond acceptors (Lipinski definition) is 4. The van der Waals surface area contributed by atoms with Crippen LogP contribution in [0.5, 0.6) is 0 Å². The summed E-state index contributed by atoms with van der Waals surface area (Å²) in [5, 5.41) is 9.38. The minimum atomic E-state index is -1.29. The van der Waals surface area contributed by atoms with E-state index in [0.717, 1.165) is 18.4 Å². The highest BCUT2D eigenvalue weighted by Crippen LogP contribution is 2.38. The zero-order chi connectivity index (χ0) is 17.7. The molecule has 1 aliphatic carbocycles. The fourth-order valence-corrected chi connectivity index (χ4v) is 3.32. The van der Waals surface area contributed by atoms with Crippen LogP contribution in [0, 0.1) is 5.82 Å². The second-order valence-corrected chi connectivity index (χ2v) is 6.59. The molecule has 1 aromatic carbocycles. The van der Waals surface area contributed by atoms with E-state index < -0.39 is 17.2 Å². The molecule has 7 heteroatoms. The third-order valence-electron chi connectivity index (χ3n) is 4.81. The zero-order valence-electron chi connectivity index (χ0n) is 13.5. The average molecular weight is 343 g/mol. The first-order valence-corrected chi connectivity index (χ1v) is 8.24. The van der Waals surface area contributed by atoms with Gasteiger partial charge < -0.3 is 20.3 Å². The van der Waals surface area contributed by atoms with E-state index in [1.165, 1.54) is 12.3 Å². The number of aromatic carboxylic acids is 1. The largest absolute Gasteiger partial charge is 0.477 e. The van der Waals surface area contributed by atoms with Gasteiger partial charge in [-0.25, -0.2) is 9.18 Å². The molecule has 0 amide bonds. The minimum absolute atomic E-state index is 0.117. The number of fused-ring (bicyclic) bond motifs is 1. The van der Waals surface area contributed by atoms with Gasteiger partial charge in [-0.3, -0.25) is 4.79 Å². The second kappa shape index (κ2) is 5.70. The van der Waals surface area contributed by atoms with Gasteiger partial charge in [0.05, 0.1) is 11.2 Å². The molecule has 25 heavy (non-hydrogen) atoms. The number of halogens is 1. The molecule has 4 rings (SSSR count). The first kappa shape index (κ1) is 15.8. The minimum Gasteiger partial charge on any atom is -0.477 e. The summed E-state index contributed by atoms with van der Waals surface area (Å²) in [6, 6.07) is 3.00. The molecule has 0 bridgehead atoms. The molecule has 2 fully saturated rings. The third-order valence-corrected chi connectivity index (χ3v) is 4.81. The van der Waals surface area contributed by atoms with Crippen LogP contribution >= 0.6 is 0 Å². The van der Waals surface area contributed by atoms with Crippen molar-refractivity contribution in [3.05, 3.63) is 51.6 Å². The molecule has 2 aromatic rings. The van der Waals surface area contributed by atoms with Gasteiger partial charge in [0.15, 0.2) is 0 Å². The molecule has 2 heterocycles. The number of pyridine rings is 1. The third kappa shape index (κ3) is 2.60. The number of anilines is 1. The van der Waals surface area contributed by atoms with Crippen LogP contribution in [0.1, 0.15) is 29.2 Å².